The fourth-order valence-corrected chi connectivity index (χ4v) is 0.323. The van der Waals surface area contributed by atoms with Crippen molar-refractivity contribution >= 4 is 6.21 Å². The van der Waals surface area contributed by atoms with E-state index in [1.807, 2.05) is 6.21 Å². The van der Waals surface area contributed by atoms with Gasteiger partial charge in [0.1, 0.15) is 0 Å². The lowest BCUT2D eigenvalue weighted by atomic mass is 10.2. The van der Waals surface area contributed by atoms with E-state index < -0.39 is 0 Å². The van der Waals surface area contributed by atoms with Gasteiger partial charge in [0.05, 0.1) is 0 Å². The van der Waals surface area contributed by atoms with E-state index in [1.54, 1.807) is 7.05 Å². The van der Waals surface area contributed by atoms with E-state index in [1.165, 1.54) is 17.6 Å². The first kappa shape index (κ1) is 13.0. The van der Waals surface area contributed by atoms with E-state index in [-0.39, 0.29) is 0 Å². The minimum Gasteiger partial charge on any atom is -0.296 e. The van der Waals surface area contributed by atoms with Crippen LogP contribution in [-0.4, -0.2) is 13.3 Å². The molecule has 0 bridgehead atoms. The Labute approximate surface area is 71.2 Å². The molecular weight excluding hydrogens is 134 g/mol. The molecule has 0 N–H and O–H groups in total. The van der Waals surface area contributed by atoms with Crippen LogP contribution in [0.3, 0.4) is 0 Å². The molecular formula is C10H21N. The molecule has 1 heteroatoms. The van der Waals surface area contributed by atoms with Gasteiger partial charge in [-0.1, -0.05) is 25.8 Å². The molecule has 66 valence electrons. The zero-order valence-corrected chi connectivity index (χ0v) is 8.73. The molecule has 0 aliphatic carbocycles. The van der Waals surface area contributed by atoms with Crippen molar-refractivity contribution in [1.29, 1.82) is 0 Å². The van der Waals surface area contributed by atoms with Crippen LogP contribution in [0.1, 0.15) is 41.0 Å². The van der Waals surface area contributed by atoms with E-state index in [2.05, 4.69) is 39.6 Å². The molecule has 0 radical (unpaired) electrons. The highest BCUT2D eigenvalue weighted by Gasteiger charge is 1.81. The van der Waals surface area contributed by atoms with Crippen LogP contribution in [0.5, 0.6) is 0 Å². The number of nitrogens with zero attached hydrogens (tertiary/aromatic N) is 1. The van der Waals surface area contributed by atoms with Gasteiger partial charge in [-0.05, 0) is 26.3 Å². The Balaban J connectivity index is 0. The molecule has 0 aliphatic heterocycles. The maximum absolute atomic E-state index is 3.87. The summed E-state index contributed by atoms with van der Waals surface area (Å²) in [6, 6.07) is 0. The van der Waals surface area contributed by atoms with Crippen LogP contribution in [0.2, 0.25) is 0 Å². The molecule has 0 aromatic carbocycles. The van der Waals surface area contributed by atoms with Crippen molar-refractivity contribution in [2.75, 3.05) is 7.05 Å². The van der Waals surface area contributed by atoms with Crippen molar-refractivity contribution in [2.24, 2.45) is 4.99 Å². The summed E-state index contributed by atoms with van der Waals surface area (Å²) in [7, 11) is 1.78. The first-order chi connectivity index (χ1) is 5.09. The zero-order valence-electron chi connectivity index (χ0n) is 8.73. The Bertz CT molecular complexity index is 128. The standard InChI is InChI=1S/C7H13N.C3H8/c1-6(2)7(3)5-8-4;1-3-2/h5H,1-4H3;3H2,1-2H3. The van der Waals surface area contributed by atoms with E-state index in [0.717, 1.165) is 0 Å². The minimum absolute atomic E-state index is 1.25. The van der Waals surface area contributed by atoms with E-state index in [0.29, 0.717) is 0 Å². The second kappa shape index (κ2) is 9.41. The highest BCUT2D eigenvalue weighted by atomic mass is 14.6. The van der Waals surface area contributed by atoms with Crippen LogP contribution in [0, 0.1) is 0 Å². The maximum atomic E-state index is 3.87. The van der Waals surface area contributed by atoms with Gasteiger partial charge in [-0.2, -0.15) is 0 Å². The lowest BCUT2D eigenvalue weighted by Crippen LogP contribution is -1.79. The van der Waals surface area contributed by atoms with Crippen LogP contribution in [0.15, 0.2) is 16.1 Å². The molecule has 0 spiro atoms. The van der Waals surface area contributed by atoms with Crippen molar-refractivity contribution < 1.29 is 0 Å². The molecule has 0 rings (SSSR count). The summed E-state index contributed by atoms with van der Waals surface area (Å²) < 4.78 is 0. The number of hydrogen-bond acceptors (Lipinski definition) is 1. The Kier molecular flexibility index (Phi) is 11.1. The largest absolute Gasteiger partial charge is 0.296 e. The van der Waals surface area contributed by atoms with Gasteiger partial charge in [-0.3, -0.25) is 4.99 Å². The Morgan fingerprint density at radius 1 is 1.18 bits per heavy atom. The normalized spacial score (nSPS) is 8.91. The predicted molar refractivity (Wildman–Crippen MR) is 54.4 cm³/mol. The molecule has 0 aromatic heterocycles. The first-order valence-electron chi connectivity index (χ1n) is 4.16. The minimum atomic E-state index is 1.25. The summed E-state index contributed by atoms with van der Waals surface area (Å²) >= 11 is 0. The average Bonchev–Trinajstić information content (AvgIpc) is 1.90. The summed E-state index contributed by atoms with van der Waals surface area (Å²) in [6.45, 7) is 10.5. The van der Waals surface area contributed by atoms with Gasteiger partial charge in [0.25, 0.3) is 0 Å². The third-order valence-corrected chi connectivity index (χ3v) is 1.11. The van der Waals surface area contributed by atoms with E-state index in [9.17, 15) is 0 Å². The highest BCUT2D eigenvalue weighted by Crippen LogP contribution is 1.96. The molecule has 0 saturated carbocycles. The number of aliphatic imine (C=N–C) groups is 1. The van der Waals surface area contributed by atoms with E-state index >= 15 is 0 Å². The van der Waals surface area contributed by atoms with Crippen molar-refractivity contribution in [3.05, 3.63) is 11.1 Å². The molecule has 0 heterocycles. The molecule has 1 nitrogen and oxygen atoms in total. The van der Waals surface area contributed by atoms with Crippen LogP contribution in [0.4, 0.5) is 0 Å². The monoisotopic (exact) mass is 155 g/mol. The van der Waals surface area contributed by atoms with E-state index in [4.69, 9.17) is 0 Å². The molecule has 0 fully saturated rings. The van der Waals surface area contributed by atoms with Crippen LogP contribution >= 0.6 is 0 Å². The van der Waals surface area contributed by atoms with Gasteiger partial charge in [0.15, 0.2) is 0 Å². The highest BCUT2D eigenvalue weighted by molar-refractivity contribution is 5.78. The predicted octanol–water partition coefficient (Wildman–Crippen LogP) is 3.46. The fourth-order valence-electron chi connectivity index (χ4n) is 0.323. The van der Waals surface area contributed by atoms with Crippen molar-refractivity contribution in [2.45, 2.75) is 41.0 Å². The Hall–Kier alpha value is -0.590. The Morgan fingerprint density at radius 2 is 1.55 bits per heavy atom. The van der Waals surface area contributed by atoms with Crippen molar-refractivity contribution in [3.8, 4) is 0 Å². The Morgan fingerprint density at radius 3 is 1.64 bits per heavy atom. The third kappa shape index (κ3) is 12.6. The smallest absolute Gasteiger partial charge is 0.0277 e. The second-order valence-electron chi connectivity index (χ2n) is 2.78. The zero-order chi connectivity index (χ0) is 9.28. The summed E-state index contributed by atoms with van der Waals surface area (Å²) in [5.74, 6) is 0. The summed E-state index contributed by atoms with van der Waals surface area (Å²) in [5.41, 5.74) is 2.59. The first-order valence-corrected chi connectivity index (χ1v) is 4.16. The molecule has 0 atom stereocenters. The fraction of sp³-hybridized carbons (Fsp3) is 0.700. The van der Waals surface area contributed by atoms with Crippen LogP contribution < -0.4 is 0 Å². The van der Waals surface area contributed by atoms with Gasteiger partial charge in [0.2, 0.25) is 0 Å². The van der Waals surface area contributed by atoms with Gasteiger partial charge in [-0.25, -0.2) is 0 Å². The van der Waals surface area contributed by atoms with Gasteiger partial charge in [-0.15, -0.1) is 0 Å². The van der Waals surface area contributed by atoms with Crippen LogP contribution in [0.25, 0.3) is 0 Å². The SMILES string of the molecule is CCC.CN=CC(C)=C(C)C. The molecule has 0 aliphatic rings. The average molecular weight is 155 g/mol. The lowest BCUT2D eigenvalue weighted by Gasteiger charge is -1.91. The quantitative estimate of drug-likeness (QED) is 0.514. The van der Waals surface area contributed by atoms with Gasteiger partial charge >= 0.3 is 0 Å². The van der Waals surface area contributed by atoms with Gasteiger partial charge in [0, 0.05) is 13.3 Å². The third-order valence-electron chi connectivity index (χ3n) is 1.11. The summed E-state index contributed by atoms with van der Waals surface area (Å²) in [5, 5.41) is 0. The summed E-state index contributed by atoms with van der Waals surface area (Å²) in [6.07, 6.45) is 3.12. The molecule has 11 heavy (non-hydrogen) atoms. The lowest BCUT2D eigenvalue weighted by molar-refractivity contribution is 1.09. The molecule has 0 saturated heterocycles. The van der Waals surface area contributed by atoms with Crippen molar-refractivity contribution in [1.82, 2.24) is 0 Å². The maximum Gasteiger partial charge on any atom is 0.0277 e. The molecule has 0 amide bonds. The van der Waals surface area contributed by atoms with Gasteiger partial charge < -0.3 is 0 Å². The number of hydrogen-bond donors (Lipinski definition) is 0. The summed E-state index contributed by atoms with van der Waals surface area (Å²) in [4.78, 5) is 3.87. The van der Waals surface area contributed by atoms with Crippen molar-refractivity contribution in [3.63, 3.8) is 0 Å². The van der Waals surface area contributed by atoms with Crippen LogP contribution in [-0.2, 0) is 0 Å². The molecule has 0 unspecified atom stereocenters. The number of allylic oxidation sites excluding steroid dienone is 2. The second-order valence-corrected chi connectivity index (χ2v) is 2.78. The molecule has 0 aromatic rings. The topological polar surface area (TPSA) is 12.4 Å². The number of rotatable bonds is 1.